The number of benzene rings is 1. The summed E-state index contributed by atoms with van der Waals surface area (Å²) >= 11 is 0. The molecule has 1 aromatic rings. The topological polar surface area (TPSA) is 58.6 Å². The van der Waals surface area contributed by atoms with Gasteiger partial charge in [-0.05, 0) is 63.4 Å². The van der Waals surface area contributed by atoms with E-state index in [0.717, 1.165) is 18.6 Å². The molecule has 1 aliphatic carbocycles. The van der Waals surface area contributed by atoms with Crippen LogP contribution in [0.1, 0.15) is 36.8 Å². The lowest BCUT2D eigenvalue weighted by Crippen LogP contribution is -2.55. The molecular weight excluding hydrogens is 254 g/mol. The molecule has 110 valence electrons. The van der Waals surface area contributed by atoms with Gasteiger partial charge in [0.25, 0.3) is 0 Å². The predicted octanol–water partition coefficient (Wildman–Crippen LogP) is 2.67. The zero-order valence-corrected chi connectivity index (χ0v) is 12.4. The van der Waals surface area contributed by atoms with Crippen molar-refractivity contribution in [1.82, 2.24) is 5.32 Å². The van der Waals surface area contributed by atoms with Crippen LogP contribution in [0, 0.1) is 13.8 Å². The Hall–Kier alpha value is -1.55. The minimum absolute atomic E-state index is 0.0468. The maximum atomic E-state index is 11.5. The molecule has 0 heterocycles. The van der Waals surface area contributed by atoms with E-state index in [-0.39, 0.29) is 6.10 Å². The van der Waals surface area contributed by atoms with E-state index in [2.05, 4.69) is 19.2 Å². The van der Waals surface area contributed by atoms with E-state index in [1.54, 1.807) is 7.05 Å². The number of hydrogen-bond donors (Lipinski definition) is 2. The van der Waals surface area contributed by atoms with Crippen LogP contribution < -0.4 is 10.1 Å². The predicted molar refractivity (Wildman–Crippen MR) is 78.2 cm³/mol. The largest absolute Gasteiger partial charge is 0.490 e. The van der Waals surface area contributed by atoms with Gasteiger partial charge in [-0.2, -0.15) is 0 Å². The minimum Gasteiger partial charge on any atom is -0.490 e. The first-order valence-corrected chi connectivity index (χ1v) is 7.13. The number of aliphatic carboxylic acids is 1. The Morgan fingerprint density at radius 2 is 2.15 bits per heavy atom. The second kappa shape index (κ2) is 5.83. The van der Waals surface area contributed by atoms with Crippen molar-refractivity contribution in [1.29, 1.82) is 0 Å². The van der Waals surface area contributed by atoms with Gasteiger partial charge in [-0.15, -0.1) is 0 Å². The summed E-state index contributed by atoms with van der Waals surface area (Å²) in [5.74, 6) is 0.0452. The van der Waals surface area contributed by atoms with Gasteiger partial charge in [0, 0.05) is 6.42 Å². The van der Waals surface area contributed by atoms with Crippen LogP contribution in [0.3, 0.4) is 0 Å². The molecule has 2 N–H and O–H groups in total. The quantitative estimate of drug-likeness (QED) is 0.888. The number of hydrogen-bond acceptors (Lipinski definition) is 3. The second-order valence-corrected chi connectivity index (χ2v) is 5.72. The Morgan fingerprint density at radius 3 is 2.75 bits per heavy atom. The third-order valence-corrected chi connectivity index (χ3v) is 4.37. The molecular formula is C16H23NO3. The van der Waals surface area contributed by atoms with Crippen LogP contribution in [-0.2, 0) is 4.79 Å². The van der Waals surface area contributed by atoms with Crippen LogP contribution in [0.25, 0.3) is 0 Å². The smallest absolute Gasteiger partial charge is 0.324 e. The van der Waals surface area contributed by atoms with Gasteiger partial charge < -0.3 is 15.2 Å². The summed E-state index contributed by atoms with van der Waals surface area (Å²) in [5.41, 5.74) is 1.58. The van der Waals surface area contributed by atoms with Crippen LogP contribution in [0.15, 0.2) is 18.2 Å². The van der Waals surface area contributed by atoms with Crippen molar-refractivity contribution in [3.63, 3.8) is 0 Å². The molecule has 0 aromatic heterocycles. The molecule has 0 aliphatic heterocycles. The van der Waals surface area contributed by atoms with Gasteiger partial charge in [0.2, 0.25) is 0 Å². The molecule has 1 fully saturated rings. The molecule has 0 spiro atoms. The van der Waals surface area contributed by atoms with Crippen LogP contribution >= 0.6 is 0 Å². The molecule has 1 aromatic carbocycles. The van der Waals surface area contributed by atoms with E-state index < -0.39 is 11.5 Å². The summed E-state index contributed by atoms with van der Waals surface area (Å²) in [5, 5.41) is 12.4. The van der Waals surface area contributed by atoms with Crippen molar-refractivity contribution < 1.29 is 14.6 Å². The number of rotatable bonds is 4. The van der Waals surface area contributed by atoms with Gasteiger partial charge in [0.1, 0.15) is 17.4 Å². The molecule has 1 saturated carbocycles. The zero-order chi connectivity index (χ0) is 14.8. The van der Waals surface area contributed by atoms with Crippen LogP contribution in [0.4, 0.5) is 0 Å². The van der Waals surface area contributed by atoms with Crippen molar-refractivity contribution in [3.05, 3.63) is 29.3 Å². The maximum absolute atomic E-state index is 11.5. The standard InChI is InChI=1S/C16H23NO3/c1-11-6-7-13(9-12(11)2)20-14-5-4-8-16(10-14,17-3)15(18)19/h6-7,9,14,17H,4-5,8,10H2,1-3H3,(H,18,19). The SMILES string of the molecule is CNC1(C(=O)O)CCCC(Oc2ccc(C)c(C)c2)C1. The summed E-state index contributed by atoms with van der Waals surface area (Å²) in [6, 6.07) is 6.01. The molecule has 2 unspecified atom stereocenters. The van der Waals surface area contributed by atoms with E-state index in [1.165, 1.54) is 11.1 Å². The van der Waals surface area contributed by atoms with Crippen molar-refractivity contribution >= 4 is 5.97 Å². The fraction of sp³-hybridized carbons (Fsp3) is 0.562. The van der Waals surface area contributed by atoms with E-state index in [9.17, 15) is 9.90 Å². The Labute approximate surface area is 120 Å². The number of ether oxygens (including phenoxy) is 1. The van der Waals surface area contributed by atoms with Crippen molar-refractivity contribution in [2.45, 2.75) is 51.2 Å². The molecule has 20 heavy (non-hydrogen) atoms. The maximum Gasteiger partial charge on any atom is 0.324 e. The Morgan fingerprint density at radius 1 is 1.40 bits per heavy atom. The molecule has 2 atom stereocenters. The van der Waals surface area contributed by atoms with Gasteiger partial charge >= 0.3 is 5.97 Å². The highest BCUT2D eigenvalue weighted by molar-refractivity contribution is 5.79. The lowest BCUT2D eigenvalue weighted by Gasteiger charge is -2.37. The first kappa shape index (κ1) is 14.9. The third kappa shape index (κ3) is 2.96. The zero-order valence-electron chi connectivity index (χ0n) is 12.4. The first-order valence-electron chi connectivity index (χ1n) is 7.13. The Kier molecular flexibility index (Phi) is 4.33. The normalized spacial score (nSPS) is 26.2. The molecule has 0 amide bonds. The van der Waals surface area contributed by atoms with Gasteiger partial charge in [-0.1, -0.05) is 6.07 Å². The van der Waals surface area contributed by atoms with Crippen molar-refractivity contribution in [3.8, 4) is 5.75 Å². The molecule has 2 rings (SSSR count). The van der Waals surface area contributed by atoms with Gasteiger partial charge in [-0.3, -0.25) is 4.79 Å². The molecule has 0 saturated heterocycles. The first-order chi connectivity index (χ1) is 9.47. The Bertz CT molecular complexity index is 500. The third-order valence-electron chi connectivity index (χ3n) is 4.37. The van der Waals surface area contributed by atoms with Crippen LogP contribution in [0.5, 0.6) is 5.75 Å². The highest BCUT2D eigenvalue weighted by atomic mass is 16.5. The number of carboxylic acid groups (broad SMARTS) is 1. The van der Waals surface area contributed by atoms with E-state index in [1.807, 2.05) is 18.2 Å². The fourth-order valence-corrected chi connectivity index (χ4v) is 2.83. The monoisotopic (exact) mass is 277 g/mol. The van der Waals surface area contributed by atoms with Gasteiger partial charge in [0.15, 0.2) is 0 Å². The van der Waals surface area contributed by atoms with Crippen LogP contribution in [0.2, 0.25) is 0 Å². The molecule has 0 bridgehead atoms. The minimum atomic E-state index is -0.845. The number of nitrogens with one attached hydrogen (secondary N) is 1. The van der Waals surface area contributed by atoms with Gasteiger partial charge in [-0.25, -0.2) is 0 Å². The highest BCUT2D eigenvalue weighted by Crippen LogP contribution is 2.31. The van der Waals surface area contributed by atoms with E-state index in [0.29, 0.717) is 12.8 Å². The second-order valence-electron chi connectivity index (χ2n) is 5.72. The highest BCUT2D eigenvalue weighted by Gasteiger charge is 2.42. The van der Waals surface area contributed by atoms with Crippen molar-refractivity contribution in [2.75, 3.05) is 7.05 Å². The van der Waals surface area contributed by atoms with Crippen LogP contribution in [-0.4, -0.2) is 29.8 Å². The average Bonchev–Trinajstić information content (AvgIpc) is 2.43. The molecule has 4 heteroatoms. The van der Waals surface area contributed by atoms with Crippen molar-refractivity contribution in [2.24, 2.45) is 0 Å². The number of carbonyl (C=O) groups is 1. The summed E-state index contributed by atoms with van der Waals surface area (Å²) in [6.45, 7) is 4.12. The number of carboxylic acids is 1. The molecule has 4 nitrogen and oxygen atoms in total. The van der Waals surface area contributed by atoms with Gasteiger partial charge in [0.05, 0.1) is 0 Å². The lowest BCUT2D eigenvalue weighted by molar-refractivity contribution is -0.147. The summed E-state index contributed by atoms with van der Waals surface area (Å²) < 4.78 is 6.00. The lowest BCUT2D eigenvalue weighted by atomic mass is 9.80. The summed E-state index contributed by atoms with van der Waals surface area (Å²) in [6.07, 6.45) is 2.89. The average molecular weight is 277 g/mol. The van der Waals surface area contributed by atoms with E-state index >= 15 is 0 Å². The number of likely N-dealkylation sites (N-methyl/N-ethyl adjacent to an activating group) is 1. The Balaban J connectivity index is 2.09. The molecule has 0 radical (unpaired) electrons. The fourth-order valence-electron chi connectivity index (χ4n) is 2.83. The summed E-state index contributed by atoms with van der Waals surface area (Å²) in [7, 11) is 1.71. The van der Waals surface area contributed by atoms with E-state index in [4.69, 9.17) is 4.74 Å². The number of aryl methyl sites for hydroxylation is 2. The summed E-state index contributed by atoms with van der Waals surface area (Å²) in [4.78, 5) is 11.5. The molecule has 1 aliphatic rings.